The molecule has 0 bridgehead atoms. The third-order valence-electron chi connectivity index (χ3n) is 4.05. The quantitative estimate of drug-likeness (QED) is 0.833. The van der Waals surface area contributed by atoms with E-state index in [0.717, 1.165) is 35.7 Å². The third-order valence-corrected chi connectivity index (χ3v) is 4.05. The van der Waals surface area contributed by atoms with Gasteiger partial charge in [0, 0.05) is 17.5 Å². The smallest absolute Gasteiger partial charge is 0.259 e. The number of nitrogens with zero attached hydrogens (tertiary/aromatic N) is 1. The number of benzene rings is 2. The number of rotatable bonds is 6. The Labute approximate surface area is 130 Å². The van der Waals surface area contributed by atoms with Gasteiger partial charge >= 0.3 is 0 Å². The van der Waals surface area contributed by atoms with E-state index in [0.29, 0.717) is 12.1 Å². The summed E-state index contributed by atoms with van der Waals surface area (Å²) >= 11 is 0. The van der Waals surface area contributed by atoms with Gasteiger partial charge in [0.2, 0.25) is 5.91 Å². The highest BCUT2D eigenvalue weighted by Crippen LogP contribution is 2.36. The first-order valence-corrected chi connectivity index (χ1v) is 7.82. The van der Waals surface area contributed by atoms with Crippen molar-refractivity contribution in [1.29, 1.82) is 0 Å². The lowest BCUT2D eigenvalue weighted by molar-refractivity contribution is -0.119. The highest BCUT2D eigenvalue weighted by Gasteiger charge is 2.30. The topological polar surface area (TPSA) is 49.4 Å². The van der Waals surface area contributed by atoms with E-state index in [-0.39, 0.29) is 18.4 Å². The van der Waals surface area contributed by atoms with Crippen molar-refractivity contribution >= 4 is 28.3 Å². The highest BCUT2D eigenvalue weighted by atomic mass is 16.2. The summed E-state index contributed by atoms with van der Waals surface area (Å²) < 4.78 is 0. The lowest BCUT2D eigenvalue weighted by atomic mass is 10.1. The van der Waals surface area contributed by atoms with Gasteiger partial charge in [-0.05, 0) is 23.9 Å². The molecule has 0 aliphatic carbocycles. The maximum absolute atomic E-state index is 12.5. The molecule has 1 aliphatic rings. The number of carbonyl (C=O) groups is 2. The maximum Gasteiger partial charge on any atom is 0.259 e. The Morgan fingerprint density at radius 1 is 1.14 bits per heavy atom. The van der Waals surface area contributed by atoms with Gasteiger partial charge in [0.1, 0.15) is 6.54 Å². The van der Waals surface area contributed by atoms with Gasteiger partial charge < -0.3 is 5.32 Å². The number of hydrogen-bond donors (Lipinski definition) is 1. The first-order chi connectivity index (χ1) is 10.7. The van der Waals surface area contributed by atoms with Gasteiger partial charge in [-0.3, -0.25) is 14.5 Å². The zero-order valence-corrected chi connectivity index (χ0v) is 12.8. The lowest BCUT2D eigenvalue weighted by Crippen LogP contribution is -2.39. The molecule has 1 N–H and O–H groups in total. The van der Waals surface area contributed by atoms with E-state index in [9.17, 15) is 9.59 Å². The van der Waals surface area contributed by atoms with Gasteiger partial charge in [0.05, 0.1) is 5.69 Å². The Hall–Kier alpha value is -2.36. The molecular weight excluding hydrogens is 276 g/mol. The van der Waals surface area contributed by atoms with Crippen LogP contribution in [0, 0.1) is 0 Å². The standard InChI is InChI=1S/C18H20N2O2/c1-2-3-4-11-19-16(21)12-20-15-10-6-8-13-7-5-9-14(17(13)15)18(20)22/h5-10H,2-4,11-12H2,1H3,(H,19,21). The fraction of sp³-hybridized carbons (Fsp3) is 0.333. The molecule has 0 fully saturated rings. The summed E-state index contributed by atoms with van der Waals surface area (Å²) in [6.45, 7) is 2.88. The van der Waals surface area contributed by atoms with Crippen LogP contribution < -0.4 is 10.2 Å². The molecular formula is C18H20N2O2. The van der Waals surface area contributed by atoms with Crippen LogP contribution >= 0.6 is 0 Å². The van der Waals surface area contributed by atoms with Crippen LogP contribution in [0.5, 0.6) is 0 Å². The van der Waals surface area contributed by atoms with E-state index in [4.69, 9.17) is 0 Å². The summed E-state index contributed by atoms with van der Waals surface area (Å²) in [7, 11) is 0. The van der Waals surface area contributed by atoms with E-state index in [1.807, 2.05) is 36.4 Å². The normalized spacial score (nSPS) is 13.0. The second-order valence-corrected chi connectivity index (χ2v) is 5.63. The number of amides is 2. The molecule has 0 aromatic heterocycles. The van der Waals surface area contributed by atoms with Crippen molar-refractivity contribution < 1.29 is 9.59 Å². The first-order valence-electron chi connectivity index (χ1n) is 7.82. The van der Waals surface area contributed by atoms with Crippen molar-refractivity contribution in [2.24, 2.45) is 0 Å². The van der Waals surface area contributed by atoms with Gasteiger partial charge in [-0.15, -0.1) is 0 Å². The molecule has 2 aromatic carbocycles. The van der Waals surface area contributed by atoms with Crippen LogP contribution in [-0.4, -0.2) is 24.9 Å². The Balaban J connectivity index is 1.75. The minimum atomic E-state index is -0.103. The summed E-state index contributed by atoms with van der Waals surface area (Å²) in [5.41, 5.74) is 1.52. The van der Waals surface area contributed by atoms with Gasteiger partial charge in [0.25, 0.3) is 5.91 Å². The van der Waals surface area contributed by atoms with Crippen LogP contribution in [0.25, 0.3) is 10.8 Å². The molecule has 114 valence electrons. The lowest BCUT2D eigenvalue weighted by Gasteiger charge is -2.17. The SMILES string of the molecule is CCCCCNC(=O)CN1C(=O)c2cccc3cccc1c23. The fourth-order valence-corrected chi connectivity index (χ4v) is 2.94. The zero-order valence-electron chi connectivity index (χ0n) is 12.8. The van der Waals surface area contributed by atoms with E-state index in [2.05, 4.69) is 12.2 Å². The Morgan fingerprint density at radius 2 is 1.91 bits per heavy atom. The van der Waals surface area contributed by atoms with Gasteiger partial charge in [0.15, 0.2) is 0 Å². The Kier molecular flexibility index (Phi) is 4.09. The largest absolute Gasteiger partial charge is 0.355 e. The monoisotopic (exact) mass is 296 g/mol. The van der Waals surface area contributed by atoms with Gasteiger partial charge in [-0.2, -0.15) is 0 Å². The third kappa shape index (κ3) is 2.56. The molecule has 3 rings (SSSR count). The second kappa shape index (κ2) is 6.18. The molecule has 22 heavy (non-hydrogen) atoms. The minimum absolute atomic E-state index is 0.0821. The first kappa shape index (κ1) is 14.6. The molecule has 0 spiro atoms. The molecule has 1 heterocycles. The van der Waals surface area contributed by atoms with Crippen LogP contribution in [0.1, 0.15) is 36.5 Å². The van der Waals surface area contributed by atoms with Crippen LogP contribution in [0.3, 0.4) is 0 Å². The molecule has 0 radical (unpaired) electrons. The molecule has 2 amide bonds. The maximum atomic E-state index is 12.5. The predicted molar refractivity (Wildman–Crippen MR) is 88.2 cm³/mol. The second-order valence-electron chi connectivity index (χ2n) is 5.63. The zero-order chi connectivity index (χ0) is 15.5. The van der Waals surface area contributed by atoms with E-state index < -0.39 is 0 Å². The minimum Gasteiger partial charge on any atom is -0.355 e. The highest BCUT2D eigenvalue weighted by molar-refractivity contribution is 6.26. The Bertz CT molecular complexity index is 719. The predicted octanol–water partition coefficient (Wildman–Crippen LogP) is 3.11. The molecule has 0 saturated heterocycles. The fourth-order valence-electron chi connectivity index (χ4n) is 2.94. The molecule has 0 unspecified atom stereocenters. The van der Waals surface area contributed by atoms with Crippen molar-refractivity contribution in [2.75, 3.05) is 18.0 Å². The van der Waals surface area contributed by atoms with Crippen molar-refractivity contribution in [3.05, 3.63) is 42.0 Å². The van der Waals surface area contributed by atoms with Gasteiger partial charge in [-0.1, -0.05) is 44.0 Å². The van der Waals surface area contributed by atoms with Crippen molar-refractivity contribution in [1.82, 2.24) is 5.32 Å². The number of anilines is 1. The van der Waals surface area contributed by atoms with Crippen molar-refractivity contribution in [2.45, 2.75) is 26.2 Å². The number of carbonyl (C=O) groups excluding carboxylic acids is 2. The Morgan fingerprint density at radius 3 is 2.68 bits per heavy atom. The van der Waals surface area contributed by atoms with E-state index >= 15 is 0 Å². The summed E-state index contributed by atoms with van der Waals surface area (Å²) in [4.78, 5) is 26.2. The number of hydrogen-bond acceptors (Lipinski definition) is 2. The van der Waals surface area contributed by atoms with Crippen LogP contribution in [0.4, 0.5) is 5.69 Å². The molecule has 4 nitrogen and oxygen atoms in total. The van der Waals surface area contributed by atoms with Crippen molar-refractivity contribution in [3.63, 3.8) is 0 Å². The van der Waals surface area contributed by atoms with Crippen LogP contribution in [-0.2, 0) is 4.79 Å². The molecule has 0 atom stereocenters. The molecule has 0 saturated carbocycles. The molecule has 1 aliphatic heterocycles. The van der Waals surface area contributed by atoms with Crippen LogP contribution in [0.2, 0.25) is 0 Å². The van der Waals surface area contributed by atoms with E-state index in [1.54, 1.807) is 4.90 Å². The van der Waals surface area contributed by atoms with Crippen molar-refractivity contribution in [3.8, 4) is 0 Å². The average molecular weight is 296 g/mol. The summed E-state index contributed by atoms with van der Waals surface area (Å²) in [5, 5.41) is 4.88. The van der Waals surface area contributed by atoms with Crippen LogP contribution in [0.15, 0.2) is 36.4 Å². The molecule has 4 heteroatoms. The summed E-state index contributed by atoms with van der Waals surface area (Å²) in [5.74, 6) is -0.190. The van der Waals surface area contributed by atoms with Gasteiger partial charge in [-0.25, -0.2) is 0 Å². The number of nitrogens with one attached hydrogen (secondary N) is 1. The van der Waals surface area contributed by atoms with E-state index in [1.165, 1.54) is 0 Å². The average Bonchev–Trinajstić information content (AvgIpc) is 2.80. The summed E-state index contributed by atoms with van der Waals surface area (Å²) in [6, 6.07) is 11.5. The summed E-state index contributed by atoms with van der Waals surface area (Å²) in [6.07, 6.45) is 3.21. The molecule has 2 aromatic rings. The number of unbranched alkanes of at least 4 members (excludes halogenated alkanes) is 2.